The number of nitrogens with one attached hydrogen (secondary N) is 1. The molecular weight excluding hydrogens is 326 g/mol. The second-order valence-corrected chi connectivity index (χ2v) is 5.53. The minimum atomic E-state index is -0.358. The maximum absolute atomic E-state index is 12.0. The van der Waals surface area contributed by atoms with Gasteiger partial charge < -0.3 is 15.0 Å². The maximum Gasteiger partial charge on any atom is 0.321 e. The van der Waals surface area contributed by atoms with Gasteiger partial charge >= 0.3 is 6.01 Å². The molecular formula is C15H19N7O3. The van der Waals surface area contributed by atoms with Crippen molar-refractivity contribution in [3.63, 3.8) is 0 Å². The summed E-state index contributed by atoms with van der Waals surface area (Å²) in [6, 6.07) is 3.08. The number of methoxy groups -OCH3 is 1. The predicted octanol–water partition coefficient (Wildman–Crippen LogP) is -0.646. The molecule has 10 nitrogen and oxygen atoms in total. The van der Waals surface area contributed by atoms with Crippen molar-refractivity contribution in [2.75, 3.05) is 25.1 Å². The number of carbonyl (C=O) groups excluding carboxylic acids is 1. The zero-order chi connectivity index (χ0) is 17.6. The molecule has 0 bridgehead atoms. The molecule has 0 atom stereocenters. The number of rotatable bonds is 6. The largest absolute Gasteiger partial charge is 0.467 e. The van der Waals surface area contributed by atoms with E-state index in [4.69, 9.17) is 4.74 Å². The van der Waals surface area contributed by atoms with E-state index in [2.05, 4.69) is 30.3 Å². The average Bonchev–Trinajstić information content (AvgIpc) is 3.16. The minimum absolute atomic E-state index is 0.111. The van der Waals surface area contributed by atoms with Crippen LogP contribution in [0.2, 0.25) is 0 Å². The highest BCUT2D eigenvalue weighted by atomic mass is 16.5. The SMILES string of the molecule is COc1nc(CNC(=O)Cn2ncccc2=O)nc(N2CCCC2)n1. The number of aromatic nitrogens is 5. The van der Waals surface area contributed by atoms with E-state index in [-0.39, 0.29) is 30.6 Å². The van der Waals surface area contributed by atoms with Crippen LogP contribution in [-0.2, 0) is 17.9 Å². The highest BCUT2D eigenvalue weighted by Crippen LogP contribution is 2.17. The van der Waals surface area contributed by atoms with Crippen LogP contribution in [0.15, 0.2) is 23.1 Å². The number of ether oxygens (including phenoxy) is 1. The predicted molar refractivity (Wildman–Crippen MR) is 88.2 cm³/mol. The zero-order valence-corrected chi connectivity index (χ0v) is 13.9. The molecule has 3 heterocycles. The highest BCUT2D eigenvalue weighted by molar-refractivity contribution is 5.75. The van der Waals surface area contributed by atoms with Gasteiger partial charge in [0.05, 0.1) is 13.7 Å². The fourth-order valence-electron chi connectivity index (χ4n) is 2.49. The van der Waals surface area contributed by atoms with Gasteiger partial charge in [0.1, 0.15) is 6.54 Å². The normalized spacial score (nSPS) is 13.7. The molecule has 0 aliphatic carbocycles. The van der Waals surface area contributed by atoms with Gasteiger partial charge in [0.15, 0.2) is 5.82 Å². The third-order valence-corrected chi connectivity index (χ3v) is 3.74. The van der Waals surface area contributed by atoms with Crippen LogP contribution in [0.25, 0.3) is 0 Å². The van der Waals surface area contributed by atoms with E-state index in [0.717, 1.165) is 30.6 Å². The molecule has 1 fully saturated rings. The molecule has 0 aromatic carbocycles. The molecule has 25 heavy (non-hydrogen) atoms. The molecule has 0 saturated carbocycles. The minimum Gasteiger partial charge on any atom is -0.467 e. The first-order valence-electron chi connectivity index (χ1n) is 7.98. The Labute approximate surface area is 143 Å². The second-order valence-electron chi connectivity index (χ2n) is 5.53. The van der Waals surface area contributed by atoms with E-state index < -0.39 is 0 Å². The van der Waals surface area contributed by atoms with Crippen LogP contribution in [-0.4, -0.2) is 50.8 Å². The summed E-state index contributed by atoms with van der Waals surface area (Å²) < 4.78 is 6.20. The summed E-state index contributed by atoms with van der Waals surface area (Å²) in [5.74, 6) is 0.591. The van der Waals surface area contributed by atoms with E-state index >= 15 is 0 Å². The fourth-order valence-corrected chi connectivity index (χ4v) is 2.49. The smallest absolute Gasteiger partial charge is 0.321 e. The molecule has 1 N–H and O–H groups in total. The number of anilines is 1. The summed E-state index contributed by atoms with van der Waals surface area (Å²) in [6.07, 6.45) is 3.64. The zero-order valence-electron chi connectivity index (χ0n) is 13.9. The quantitative estimate of drug-likeness (QED) is 0.735. The van der Waals surface area contributed by atoms with Gasteiger partial charge in [0.2, 0.25) is 11.9 Å². The molecule has 0 radical (unpaired) electrons. The van der Waals surface area contributed by atoms with Crippen molar-refractivity contribution in [1.82, 2.24) is 30.0 Å². The first-order valence-corrected chi connectivity index (χ1v) is 7.98. The maximum atomic E-state index is 12.0. The lowest BCUT2D eigenvalue weighted by Gasteiger charge is -2.16. The second kappa shape index (κ2) is 7.69. The number of hydrogen-bond donors (Lipinski definition) is 1. The van der Waals surface area contributed by atoms with Gasteiger partial charge in [-0.3, -0.25) is 9.59 Å². The lowest BCUT2D eigenvalue weighted by Crippen LogP contribution is -2.33. The van der Waals surface area contributed by atoms with Gasteiger partial charge in [-0.1, -0.05) is 0 Å². The van der Waals surface area contributed by atoms with E-state index in [0.29, 0.717) is 11.8 Å². The number of nitrogens with zero attached hydrogens (tertiary/aromatic N) is 6. The summed E-state index contributed by atoms with van der Waals surface area (Å²) in [7, 11) is 1.49. The molecule has 1 aliphatic rings. The summed E-state index contributed by atoms with van der Waals surface area (Å²) in [6.45, 7) is 1.73. The Bertz CT molecular complexity index is 802. The Morgan fingerprint density at radius 3 is 2.80 bits per heavy atom. The topological polar surface area (TPSA) is 115 Å². The lowest BCUT2D eigenvalue weighted by molar-refractivity contribution is -0.122. The van der Waals surface area contributed by atoms with Crippen LogP contribution in [0.5, 0.6) is 6.01 Å². The van der Waals surface area contributed by atoms with Gasteiger partial charge in [-0.2, -0.15) is 20.1 Å². The third-order valence-electron chi connectivity index (χ3n) is 3.74. The Morgan fingerprint density at radius 1 is 1.28 bits per heavy atom. The third kappa shape index (κ3) is 4.28. The molecule has 10 heteroatoms. The number of carbonyl (C=O) groups is 1. The highest BCUT2D eigenvalue weighted by Gasteiger charge is 2.18. The van der Waals surface area contributed by atoms with E-state index in [1.54, 1.807) is 0 Å². The average molecular weight is 345 g/mol. The first kappa shape index (κ1) is 16.8. The standard InChI is InChI=1S/C15H19N7O3/c1-25-15-19-11(18-14(20-15)21-7-2-3-8-21)9-16-12(23)10-22-13(24)5-4-6-17-22/h4-6H,2-3,7-10H2,1H3,(H,16,23). The first-order chi connectivity index (χ1) is 12.2. The molecule has 2 aromatic rings. The molecule has 2 aromatic heterocycles. The van der Waals surface area contributed by atoms with Crippen LogP contribution in [0.1, 0.15) is 18.7 Å². The van der Waals surface area contributed by atoms with Gasteiger partial charge in [-0.25, -0.2) is 4.68 Å². The van der Waals surface area contributed by atoms with E-state index in [1.165, 1.54) is 25.4 Å². The van der Waals surface area contributed by atoms with Crippen LogP contribution in [0.3, 0.4) is 0 Å². The van der Waals surface area contributed by atoms with Crippen LogP contribution >= 0.6 is 0 Å². The van der Waals surface area contributed by atoms with Gasteiger partial charge in [-0.15, -0.1) is 0 Å². The van der Waals surface area contributed by atoms with Gasteiger partial charge in [0, 0.05) is 25.4 Å². The van der Waals surface area contributed by atoms with Crippen molar-refractivity contribution in [2.24, 2.45) is 0 Å². The Hall–Kier alpha value is -3.04. The molecule has 3 rings (SSSR count). The summed E-state index contributed by atoms with van der Waals surface area (Å²) in [4.78, 5) is 38.4. The number of amides is 1. The molecule has 0 spiro atoms. The lowest BCUT2D eigenvalue weighted by atomic mass is 10.4. The van der Waals surface area contributed by atoms with Crippen molar-refractivity contribution in [3.8, 4) is 6.01 Å². The number of hydrogen-bond acceptors (Lipinski definition) is 8. The summed E-state index contributed by atoms with van der Waals surface area (Å²) in [5.41, 5.74) is -0.337. The van der Waals surface area contributed by atoms with Crippen LogP contribution in [0.4, 0.5) is 5.95 Å². The van der Waals surface area contributed by atoms with Crippen LogP contribution in [0, 0.1) is 0 Å². The van der Waals surface area contributed by atoms with Gasteiger partial charge in [-0.05, 0) is 18.9 Å². The monoisotopic (exact) mass is 345 g/mol. The van der Waals surface area contributed by atoms with Crippen LogP contribution < -0.4 is 20.5 Å². The summed E-state index contributed by atoms with van der Waals surface area (Å²) in [5, 5.41) is 6.52. The van der Waals surface area contributed by atoms with Crippen molar-refractivity contribution in [1.29, 1.82) is 0 Å². The van der Waals surface area contributed by atoms with Crippen molar-refractivity contribution < 1.29 is 9.53 Å². The molecule has 0 unspecified atom stereocenters. The Kier molecular flexibility index (Phi) is 5.17. The fraction of sp³-hybridized carbons (Fsp3) is 0.467. The Balaban J connectivity index is 1.65. The van der Waals surface area contributed by atoms with Crippen molar-refractivity contribution in [2.45, 2.75) is 25.9 Å². The molecule has 1 saturated heterocycles. The molecule has 1 amide bonds. The van der Waals surface area contributed by atoms with Crippen molar-refractivity contribution >= 4 is 11.9 Å². The van der Waals surface area contributed by atoms with E-state index in [1.807, 2.05) is 0 Å². The van der Waals surface area contributed by atoms with Gasteiger partial charge in [0.25, 0.3) is 5.56 Å². The van der Waals surface area contributed by atoms with Crippen molar-refractivity contribution in [3.05, 3.63) is 34.5 Å². The Morgan fingerprint density at radius 2 is 2.08 bits per heavy atom. The van der Waals surface area contributed by atoms with E-state index in [9.17, 15) is 9.59 Å². The molecule has 132 valence electrons. The molecule has 1 aliphatic heterocycles. The summed E-state index contributed by atoms with van der Waals surface area (Å²) >= 11 is 0.